The lowest BCUT2D eigenvalue weighted by molar-refractivity contribution is -0.129. The van der Waals surface area contributed by atoms with Crippen LogP contribution < -0.4 is 5.32 Å². The van der Waals surface area contributed by atoms with Crippen molar-refractivity contribution in [1.29, 1.82) is 0 Å². The van der Waals surface area contributed by atoms with Crippen molar-refractivity contribution in [3.05, 3.63) is 64.2 Å². The molecule has 0 radical (unpaired) electrons. The summed E-state index contributed by atoms with van der Waals surface area (Å²) in [5, 5.41) is 23.1. The number of nitrogens with one attached hydrogen (secondary N) is 1. The summed E-state index contributed by atoms with van der Waals surface area (Å²) < 4.78 is 0. The first kappa shape index (κ1) is 16.8. The minimum atomic E-state index is -1.19. The second-order valence-electron chi connectivity index (χ2n) is 6.26. The molecule has 4 nitrogen and oxygen atoms in total. The van der Waals surface area contributed by atoms with Crippen LogP contribution in [0.25, 0.3) is 0 Å². The average Bonchev–Trinajstić information content (AvgIpc) is 2.59. The molecule has 24 heavy (non-hydrogen) atoms. The molecule has 1 amide bonds. The van der Waals surface area contributed by atoms with E-state index in [0.717, 1.165) is 24.8 Å². The third-order valence-electron chi connectivity index (χ3n) is 4.52. The summed E-state index contributed by atoms with van der Waals surface area (Å²) in [5.41, 5.74) is 2.92. The van der Waals surface area contributed by atoms with Crippen molar-refractivity contribution in [2.45, 2.75) is 25.4 Å². The number of aromatic hydroxyl groups is 1. The quantitative estimate of drug-likeness (QED) is 0.797. The molecule has 0 saturated carbocycles. The first-order valence-electron chi connectivity index (χ1n) is 8.05. The summed E-state index contributed by atoms with van der Waals surface area (Å²) in [6.07, 6.45) is 1.55. The molecule has 0 spiro atoms. The number of aliphatic hydroxyl groups excluding tert-OH is 1. The van der Waals surface area contributed by atoms with Crippen LogP contribution in [0.1, 0.15) is 29.2 Å². The van der Waals surface area contributed by atoms with Crippen molar-refractivity contribution in [1.82, 2.24) is 5.32 Å². The number of phenols is 1. The van der Waals surface area contributed by atoms with E-state index in [1.54, 1.807) is 36.4 Å². The van der Waals surface area contributed by atoms with Gasteiger partial charge in [0.05, 0.1) is 0 Å². The number of fused-ring (bicyclic) bond motifs is 1. The molecule has 0 bridgehead atoms. The van der Waals surface area contributed by atoms with E-state index in [0.29, 0.717) is 23.0 Å². The fourth-order valence-corrected chi connectivity index (χ4v) is 3.26. The van der Waals surface area contributed by atoms with Gasteiger partial charge >= 0.3 is 0 Å². The number of hydrogen-bond donors (Lipinski definition) is 3. The Morgan fingerprint density at radius 3 is 2.71 bits per heavy atom. The predicted octanol–water partition coefficient (Wildman–Crippen LogP) is 3.00. The topological polar surface area (TPSA) is 69.6 Å². The van der Waals surface area contributed by atoms with Crippen molar-refractivity contribution in [2.75, 3.05) is 6.54 Å². The summed E-state index contributed by atoms with van der Waals surface area (Å²) >= 11 is 5.81. The van der Waals surface area contributed by atoms with Gasteiger partial charge in [0, 0.05) is 11.6 Å². The third kappa shape index (κ3) is 3.89. The summed E-state index contributed by atoms with van der Waals surface area (Å²) in [7, 11) is 0. The van der Waals surface area contributed by atoms with Gasteiger partial charge in [0.2, 0.25) is 0 Å². The molecular formula is C19H20ClNO3. The highest BCUT2D eigenvalue weighted by Gasteiger charge is 2.22. The van der Waals surface area contributed by atoms with E-state index in [1.165, 1.54) is 5.56 Å². The molecule has 5 heteroatoms. The van der Waals surface area contributed by atoms with Crippen molar-refractivity contribution in [3.63, 3.8) is 0 Å². The van der Waals surface area contributed by atoms with Gasteiger partial charge in [-0.25, -0.2) is 0 Å². The zero-order chi connectivity index (χ0) is 17.1. The smallest absolute Gasteiger partial charge is 0.253 e. The van der Waals surface area contributed by atoms with Crippen LogP contribution in [0.4, 0.5) is 0 Å². The standard InChI is InChI=1S/C19H20ClNO3/c20-16-6-3-14(4-7-16)18(23)19(24)21-11-12-1-2-13-5-8-17(22)10-15(13)9-12/h3-8,10,12,18,22-23H,1-2,9,11H2,(H,21,24). The van der Waals surface area contributed by atoms with Gasteiger partial charge in [-0.1, -0.05) is 29.8 Å². The van der Waals surface area contributed by atoms with Gasteiger partial charge in [0.1, 0.15) is 5.75 Å². The number of carbonyl (C=O) groups excluding carboxylic acids is 1. The van der Waals surface area contributed by atoms with Gasteiger partial charge in [0.25, 0.3) is 5.91 Å². The number of carbonyl (C=O) groups is 1. The fourth-order valence-electron chi connectivity index (χ4n) is 3.13. The molecule has 0 aromatic heterocycles. The minimum absolute atomic E-state index is 0.275. The van der Waals surface area contributed by atoms with E-state index in [9.17, 15) is 15.0 Å². The van der Waals surface area contributed by atoms with Crippen LogP contribution in [-0.2, 0) is 17.6 Å². The second kappa shape index (κ2) is 7.24. The normalized spacial score (nSPS) is 17.8. The lowest BCUT2D eigenvalue weighted by Gasteiger charge is -2.25. The first-order chi connectivity index (χ1) is 11.5. The molecule has 2 atom stereocenters. The lowest BCUT2D eigenvalue weighted by Crippen LogP contribution is -2.35. The maximum absolute atomic E-state index is 12.1. The largest absolute Gasteiger partial charge is 0.508 e. The average molecular weight is 346 g/mol. The van der Waals surface area contributed by atoms with E-state index in [2.05, 4.69) is 5.32 Å². The van der Waals surface area contributed by atoms with E-state index >= 15 is 0 Å². The Bertz CT molecular complexity index is 730. The van der Waals surface area contributed by atoms with Gasteiger partial charge in [0.15, 0.2) is 6.10 Å². The number of halogens is 1. The Kier molecular flexibility index (Phi) is 5.07. The van der Waals surface area contributed by atoms with E-state index in [-0.39, 0.29) is 5.75 Å². The van der Waals surface area contributed by atoms with Crippen LogP contribution in [-0.4, -0.2) is 22.7 Å². The highest BCUT2D eigenvalue weighted by atomic mass is 35.5. The van der Waals surface area contributed by atoms with Crippen LogP contribution in [0, 0.1) is 5.92 Å². The maximum atomic E-state index is 12.1. The van der Waals surface area contributed by atoms with Gasteiger partial charge in [-0.3, -0.25) is 4.79 Å². The van der Waals surface area contributed by atoms with Gasteiger partial charge in [-0.2, -0.15) is 0 Å². The molecule has 126 valence electrons. The summed E-state index contributed by atoms with van der Waals surface area (Å²) in [5.74, 6) is 0.177. The Hall–Kier alpha value is -2.04. The van der Waals surface area contributed by atoms with Crippen LogP contribution in [0.5, 0.6) is 5.75 Å². The van der Waals surface area contributed by atoms with Crippen LogP contribution in [0.15, 0.2) is 42.5 Å². The number of aryl methyl sites for hydroxylation is 1. The highest BCUT2D eigenvalue weighted by Crippen LogP contribution is 2.28. The predicted molar refractivity (Wildman–Crippen MR) is 93.0 cm³/mol. The molecule has 1 aliphatic carbocycles. The zero-order valence-corrected chi connectivity index (χ0v) is 14.0. The van der Waals surface area contributed by atoms with E-state index in [1.807, 2.05) is 6.07 Å². The van der Waals surface area contributed by atoms with Crippen LogP contribution in [0.3, 0.4) is 0 Å². The number of amides is 1. The van der Waals surface area contributed by atoms with E-state index in [4.69, 9.17) is 11.6 Å². The Morgan fingerprint density at radius 2 is 1.96 bits per heavy atom. The number of phenolic OH excluding ortho intramolecular Hbond substituents is 1. The molecule has 1 aliphatic rings. The molecule has 3 N–H and O–H groups in total. The van der Waals surface area contributed by atoms with Gasteiger partial charge in [-0.05, 0) is 66.1 Å². The molecule has 2 unspecified atom stereocenters. The Morgan fingerprint density at radius 1 is 1.21 bits per heavy atom. The van der Waals surface area contributed by atoms with Crippen molar-refractivity contribution >= 4 is 17.5 Å². The highest BCUT2D eigenvalue weighted by molar-refractivity contribution is 6.30. The Labute approximate surface area is 146 Å². The minimum Gasteiger partial charge on any atom is -0.508 e. The third-order valence-corrected chi connectivity index (χ3v) is 4.77. The Balaban J connectivity index is 1.56. The summed E-state index contributed by atoms with van der Waals surface area (Å²) in [4.78, 5) is 12.1. The fraction of sp³-hybridized carbons (Fsp3) is 0.316. The zero-order valence-electron chi connectivity index (χ0n) is 13.2. The number of rotatable bonds is 4. The summed E-state index contributed by atoms with van der Waals surface area (Å²) in [6.45, 7) is 0.512. The number of aliphatic hydroxyl groups is 1. The molecule has 3 rings (SSSR count). The second-order valence-corrected chi connectivity index (χ2v) is 6.70. The molecule has 0 aliphatic heterocycles. The molecule has 0 heterocycles. The van der Waals surface area contributed by atoms with Crippen LogP contribution >= 0.6 is 11.6 Å². The molecule has 2 aromatic carbocycles. The molecule has 2 aromatic rings. The van der Waals surface area contributed by atoms with Crippen molar-refractivity contribution in [2.24, 2.45) is 5.92 Å². The van der Waals surface area contributed by atoms with Gasteiger partial charge < -0.3 is 15.5 Å². The number of hydrogen-bond acceptors (Lipinski definition) is 3. The summed E-state index contributed by atoms with van der Waals surface area (Å²) in [6, 6.07) is 12.1. The number of benzene rings is 2. The van der Waals surface area contributed by atoms with E-state index < -0.39 is 12.0 Å². The first-order valence-corrected chi connectivity index (χ1v) is 8.43. The SMILES string of the molecule is O=C(NCC1CCc2ccc(O)cc2C1)C(O)c1ccc(Cl)cc1. The van der Waals surface area contributed by atoms with Gasteiger partial charge in [-0.15, -0.1) is 0 Å². The molecule has 0 saturated heterocycles. The van der Waals surface area contributed by atoms with Crippen LogP contribution in [0.2, 0.25) is 5.02 Å². The maximum Gasteiger partial charge on any atom is 0.253 e. The lowest BCUT2D eigenvalue weighted by atomic mass is 9.83. The molecular weight excluding hydrogens is 326 g/mol. The van der Waals surface area contributed by atoms with Crippen molar-refractivity contribution < 1.29 is 15.0 Å². The molecule has 0 fully saturated rings. The van der Waals surface area contributed by atoms with Crippen molar-refractivity contribution in [3.8, 4) is 5.75 Å². The monoisotopic (exact) mass is 345 g/mol.